The fourth-order valence-corrected chi connectivity index (χ4v) is 1.11. The molecule has 1 amide bonds. The largest absolute Gasteiger partial charge is 0.396 e. The first-order chi connectivity index (χ1) is 6.24. The maximum atomic E-state index is 11.3. The van der Waals surface area contributed by atoms with Gasteiger partial charge in [0.15, 0.2) is 0 Å². The van der Waals surface area contributed by atoms with E-state index in [0.29, 0.717) is 11.7 Å². The third-order valence-corrected chi connectivity index (χ3v) is 1.90. The molecule has 0 aliphatic heterocycles. The van der Waals surface area contributed by atoms with E-state index in [1.54, 1.807) is 6.20 Å². The number of hydrogen-bond donors (Lipinski definition) is 2. The van der Waals surface area contributed by atoms with Crippen LogP contribution in [0.1, 0.15) is 12.8 Å². The fourth-order valence-electron chi connectivity index (χ4n) is 1.11. The van der Waals surface area contributed by atoms with Crippen LogP contribution in [0.25, 0.3) is 0 Å². The summed E-state index contributed by atoms with van der Waals surface area (Å²) in [5.41, 5.74) is 6.04. The summed E-state index contributed by atoms with van der Waals surface area (Å²) in [4.78, 5) is 11.3. The summed E-state index contributed by atoms with van der Waals surface area (Å²) in [6.07, 6.45) is 5.39. The minimum Gasteiger partial charge on any atom is -0.396 e. The molecule has 70 valence electrons. The van der Waals surface area contributed by atoms with Gasteiger partial charge in [-0.2, -0.15) is 5.10 Å². The summed E-state index contributed by atoms with van der Waals surface area (Å²) in [5.74, 6) is 0.00519. The zero-order valence-electron chi connectivity index (χ0n) is 7.23. The third-order valence-electron chi connectivity index (χ3n) is 1.90. The molecule has 0 radical (unpaired) electrons. The number of amides is 1. The lowest BCUT2D eigenvalue weighted by molar-refractivity contribution is -0.122. The Balaban J connectivity index is 1.85. The van der Waals surface area contributed by atoms with E-state index in [1.807, 2.05) is 0 Å². The summed E-state index contributed by atoms with van der Waals surface area (Å²) < 4.78 is 1.53. The van der Waals surface area contributed by atoms with E-state index in [-0.39, 0.29) is 12.5 Å². The van der Waals surface area contributed by atoms with Crippen LogP contribution in [-0.4, -0.2) is 21.7 Å². The van der Waals surface area contributed by atoms with E-state index in [4.69, 9.17) is 5.73 Å². The molecule has 0 unspecified atom stereocenters. The van der Waals surface area contributed by atoms with E-state index in [0.717, 1.165) is 12.8 Å². The number of nitrogens with one attached hydrogen (secondary N) is 1. The maximum Gasteiger partial charge on any atom is 0.241 e. The lowest BCUT2D eigenvalue weighted by Crippen LogP contribution is -2.29. The van der Waals surface area contributed by atoms with Gasteiger partial charge in [-0.25, -0.2) is 0 Å². The Hall–Kier alpha value is -1.52. The number of aromatic nitrogens is 2. The average molecular weight is 180 g/mol. The molecule has 1 aromatic heterocycles. The standard InChI is InChI=1S/C8H12N4O/c9-6-3-10-12(4-6)5-8(13)11-7-1-2-7/h3-4,7H,1-2,5,9H2,(H,11,13). The minimum absolute atomic E-state index is 0.00519. The van der Waals surface area contributed by atoms with Crippen molar-refractivity contribution in [1.82, 2.24) is 15.1 Å². The molecule has 3 N–H and O–H groups in total. The second-order valence-corrected chi connectivity index (χ2v) is 3.31. The van der Waals surface area contributed by atoms with Crippen molar-refractivity contribution in [3.05, 3.63) is 12.4 Å². The fraction of sp³-hybridized carbons (Fsp3) is 0.500. The van der Waals surface area contributed by atoms with Crippen molar-refractivity contribution < 1.29 is 4.79 Å². The normalized spacial score (nSPS) is 15.7. The molecular weight excluding hydrogens is 168 g/mol. The minimum atomic E-state index is 0.00519. The van der Waals surface area contributed by atoms with E-state index in [2.05, 4.69) is 10.4 Å². The van der Waals surface area contributed by atoms with Crippen LogP contribution in [0.4, 0.5) is 5.69 Å². The Kier molecular flexibility index (Phi) is 1.92. The Labute approximate surface area is 75.9 Å². The summed E-state index contributed by atoms with van der Waals surface area (Å²) in [6.45, 7) is 0.258. The second kappa shape index (κ2) is 3.08. The lowest BCUT2D eigenvalue weighted by atomic mass is 10.5. The maximum absolute atomic E-state index is 11.3. The first-order valence-electron chi connectivity index (χ1n) is 4.31. The number of nitrogens with zero attached hydrogens (tertiary/aromatic N) is 2. The molecule has 1 aliphatic rings. The van der Waals surface area contributed by atoms with Crippen molar-refractivity contribution in [2.24, 2.45) is 0 Å². The molecule has 0 bridgehead atoms. The highest BCUT2D eigenvalue weighted by Gasteiger charge is 2.23. The van der Waals surface area contributed by atoms with E-state index >= 15 is 0 Å². The molecule has 0 atom stereocenters. The molecule has 1 aliphatic carbocycles. The van der Waals surface area contributed by atoms with Crippen molar-refractivity contribution in [2.75, 3.05) is 5.73 Å². The van der Waals surface area contributed by atoms with E-state index < -0.39 is 0 Å². The molecule has 5 heteroatoms. The van der Waals surface area contributed by atoms with Gasteiger partial charge in [0.2, 0.25) is 5.91 Å². The second-order valence-electron chi connectivity index (χ2n) is 3.31. The number of nitrogens with two attached hydrogens (primary N) is 1. The van der Waals surface area contributed by atoms with Crippen molar-refractivity contribution in [3.8, 4) is 0 Å². The number of carbonyl (C=O) groups is 1. The summed E-state index contributed by atoms with van der Waals surface area (Å²) in [6, 6.07) is 0.403. The molecular formula is C8H12N4O. The highest BCUT2D eigenvalue weighted by atomic mass is 16.2. The molecule has 13 heavy (non-hydrogen) atoms. The zero-order chi connectivity index (χ0) is 9.26. The first-order valence-corrected chi connectivity index (χ1v) is 4.31. The van der Waals surface area contributed by atoms with Crippen molar-refractivity contribution in [3.63, 3.8) is 0 Å². The van der Waals surface area contributed by atoms with Crippen molar-refractivity contribution in [2.45, 2.75) is 25.4 Å². The molecule has 0 saturated heterocycles. The quantitative estimate of drug-likeness (QED) is 0.673. The molecule has 1 aromatic rings. The predicted molar refractivity (Wildman–Crippen MR) is 47.8 cm³/mol. The van der Waals surface area contributed by atoms with E-state index in [1.165, 1.54) is 10.9 Å². The first kappa shape index (κ1) is 8.10. The predicted octanol–water partition coefficient (Wildman–Crippen LogP) is -0.256. The van der Waals surface area contributed by atoms with Gasteiger partial charge >= 0.3 is 0 Å². The molecule has 1 saturated carbocycles. The van der Waals surface area contributed by atoms with Crippen molar-refractivity contribution in [1.29, 1.82) is 0 Å². The number of carbonyl (C=O) groups excluding carboxylic acids is 1. The monoisotopic (exact) mass is 180 g/mol. The van der Waals surface area contributed by atoms with Crippen LogP contribution >= 0.6 is 0 Å². The van der Waals surface area contributed by atoms with E-state index in [9.17, 15) is 4.79 Å². The average Bonchev–Trinajstić information content (AvgIpc) is 2.76. The Morgan fingerprint density at radius 1 is 1.77 bits per heavy atom. The zero-order valence-corrected chi connectivity index (χ0v) is 7.23. The number of nitrogen functional groups attached to an aromatic ring is 1. The summed E-state index contributed by atoms with van der Waals surface area (Å²) >= 11 is 0. The van der Waals surface area contributed by atoms with Gasteiger partial charge in [0, 0.05) is 12.2 Å². The molecule has 2 rings (SSSR count). The highest BCUT2D eigenvalue weighted by molar-refractivity contribution is 5.76. The Bertz CT molecular complexity index is 316. The molecule has 0 spiro atoms. The topological polar surface area (TPSA) is 72.9 Å². The van der Waals surface area contributed by atoms with Crippen LogP contribution in [0, 0.1) is 0 Å². The van der Waals surface area contributed by atoms with Gasteiger partial charge in [-0.1, -0.05) is 0 Å². The smallest absolute Gasteiger partial charge is 0.241 e. The molecule has 5 nitrogen and oxygen atoms in total. The van der Waals surface area contributed by atoms with Crippen LogP contribution in [0.15, 0.2) is 12.4 Å². The van der Waals surface area contributed by atoms with Gasteiger partial charge < -0.3 is 11.1 Å². The van der Waals surface area contributed by atoms with Gasteiger partial charge in [-0.05, 0) is 12.8 Å². The van der Waals surface area contributed by atoms with Gasteiger partial charge in [0.1, 0.15) is 6.54 Å². The SMILES string of the molecule is Nc1cnn(CC(=O)NC2CC2)c1. The Morgan fingerprint density at radius 3 is 3.08 bits per heavy atom. The summed E-state index contributed by atoms with van der Waals surface area (Å²) in [5, 5.41) is 6.79. The lowest BCUT2D eigenvalue weighted by Gasteiger charge is -2.02. The number of hydrogen-bond acceptors (Lipinski definition) is 3. The van der Waals surface area contributed by atoms with Crippen LogP contribution in [0.5, 0.6) is 0 Å². The van der Waals surface area contributed by atoms with Crippen LogP contribution in [0.3, 0.4) is 0 Å². The Morgan fingerprint density at radius 2 is 2.54 bits per heavy atom. The van der Waals surface area contributed by atoms with Crippen LogP contribution in [-0.2, 0) is 11.3 Å². The number of anilines is 1. The third kappa shape index (κ3) is 2.21. The highest BCUT2D eigenvalue weighted by Crippen LogP contribution is 2.18. The molecule has 1 heterocycles. The molecule has 1 fully saturated rings. The summed E-state index contributed by atoms with van der Waals surface area (Å²) in [7, 11) is 0. The molecule has 0 aromatic carbocycles. The number of rotatable bonds is 3. The van der Waals surface area contributed by atoms with Crippen LogP contribution < -0.4 is 11.1 Å². The van der Waals surface area contributed by atoms with Gasteiger partial charge in [0.05, 0.1) is 11.9 Å². The van der Waals surface area contributed by atoms with Gasteiger partial charge in [0.25, 0.3) is 0 Å². The van der Waals surface area contributed by atoms with Gasteiger partial charge in [-0.3, -0.25) is 9.48 Å². The van der Waals surface area contributed by atoms with Crippen molar-refractivity contribution >= 4 is 11.6 Å². The van der Waals surface area contributed by atoms with Crippen LogP contribution in [0.2, 0.25) is 0 Å². The van der Waals surface area contributed by atoms with Gasteiger partial charge in [-0.15, -0.1) is 0 Å².